The first-order valence-corrected chi connectivity index (χ1v) is 9.57. The van der Waals surface area contributed by atoms with Crippen molar-refractivity contribution >= 4 is 22.5 Å². The third-order valence-corrected chi connectivity index (χ3v) is 5.02. The van der Waals surface area contributed by atoms with Crippen LogP contribution in [0.15, 0.2) is 83.7 Å². The van der Waals surface area contributed by atoms with Gasteiger partial charge in [0.1, 0.15) is 0 Å². The molecule has 0 aliphatic carbocycles. The molecular weight excluding hydrogens is 360 g/mol. The van der Waals surface area contributed by atoms with Crippen molar-refractivity contribution in [2.45, 2.75) is 20.4 Å². The molecule has 0 unspecified atom stereocenters. The number of nitrogens with zero attached hydrogens (tertiary/aromatic N) is 1. The van der Waals surface area contributed by atoms with Gasteiger partial charge in [-0.3, -0.25) is 9.59 Å². The standard InChI is InChI=1S/C25H22N2O2/c1-17-9-12-22(13-10-17)27(25(29)19-6-4-3-5-7-19)16-21-15-20-11-8-18(2)14-23(20)26-24(21)28/h3-15H,16H2,1-2H3,(H,26,28). The number of aryl methyl sites for hydroxylation is 2. The van der Waals surface area contributed by atoms with E-state index in [1.165, 1.54) is 0 Å². The van der Waals surface area contributed by atoms with Gasteiger partial charge < -0.3 is 9.88 Å². The minimum absolute atomic E-state index is 0.141. The zero-order valence-electron chi connectivity index (χ0n) is 16.5. The number of benzene rings is 3. The normalized spacial score (nSPS) is 10.8. The minimum atomic E-state index is -0.180. The Bertz CT molecular complexity index is 1230. The maximum Gasteiger partial charge on any atom is 0.258 e. The molecule has 4 nitrogen and oxygen atoms in total. The highest BCUT2D eigenvalue weighted by Gasteiger charge is 2.19. The average molecular weight is 382 g/mol. The number of nitrogens with one attached hydrogen (secondary N) is 1. The molecule has 4 aromatic rings. The predicted molar refractivity (Wildman–Crippen MR) is 117 cm³/mol. The van der Waals surface area contributed by atoms with Gasteiger partial charge in [0.2, 0.25) is 0 Å². The maximum atomic E-state index is 13.3. The smallest absolute Gasteiger partial charge is 0.258 e. The number of rotatable bonds is 4. The summed E-state index contributed by atoms with van der Waals surface area (Å²) in [5.74, 6) is -0.141. The predicted octanol–water partition coefficient (Wildman–Crippen LogP) is 4.99. The van der Waals surface area contributed by atoms with Gasteiger partial charge in [-0.25, -0.2) is 0 Å². The molecule has 0 saturated carbocycles. The molecule has 1 N–H and O–H groups in total. The molecular formula is C25H22N2O2. The third kappa shape index (κ3) is 3.97. The van der Waals surface area contributed by atoms with Crippen LogP contribution in [0.3, 0.4) is 0 Å². The van der Waals surface area contributed by atoms with Gasteiger partial charge in [0, 0.05) is 22.3 Å². The van der Waals surface area contributed by atoms with Crippen LogP contribution in [0.1, 0.15) is 27.0 Å². The van der Waals surface area contributed by atoms with Gasteiger partial charge >= 0.3 is 0 Å². The maximum absolute atomic E-state index is 13.3. The molecule has 0 aliphatic rings. The first-order chi connectivity index (χ1) is 14.0. The average Bonchev–Trinajstić information content (AvgIpc) is 2.73. The first-order valence-electron chi connectivity index (χ1n) is 9.57. The number of hydrogen-bond donors (Lipinski definition) is 1. The van der Waals surface area contributed by atoms with E-state index in [1.54, 1.807) is 17.0 Å². The number of aromatic amines is 1. The quantitative estimate of drug-likeness (QED) is 0.540. The SMILES string of the molecule is Cc1ccc(N(Cc2cc3ccc(C)cc3[nH]c2=O)C(=O)c2ccccc2)cc1. The number of carbonyl (C=O) groups is 1. The molecule has 0 radical (unpaired) electrons. The number of hydrogen-bond acceptors (Lipinski definition) is 2. The summed E-state index contributed by atoms with van der Waals surface area (Å²) < 4.78 is 0. The van der Waals surface area contributed by atoms with Gasteiger partial charge in [0.15, 0.2) is 0 Å². The van der Waals surface area contributed by atoms with Gasteiger partial charge in [-0.05, 0) is 61.2 Å². The fourth-order valence-electron chi connectivity index (χ4n) is 3.39. The Balaban J connectivity index is 1.77. The minimum Gasteiger partial charge on any atom is -0.322 e. The van der Waals surface area contributed by atoms with E-state index in [1.807, 2.05) is 80.6 Å². The van der Waals surface area contributed by atoms with Crippen LogP contribution in [0.5, 0.6) is 0 Å². The topological polar surface area (TPSA) is 53.2 Å². The Labute approximate surface area is 169 Å². The molecule has 0 atom stereocenters. The lowest BCUT2D eigenvalue weighted by Crippen LogP contribution is -2.32. The number of aromatic nitrogens is 1. The Morgan fingerprint density at radius 1 is 0.862 bits per heavy atom. The number of carbonyl (C=O) groups excluding carboxylic acids is 1. The molecule has 1 aromatic heterocycles. The van der Waals surface area contributed by atoms with E-state index in [2.05, 4.69) is 4.98 Å². The van der Waals surface area contributed by atoms with Crippen molar-refractivity contribution in [2.75, 3.05) is 4.90 Å². The summed E-state index contributed by atoms with van der Waals surface area (Å²) in [7, 11) is 0. The molecule has 1 amide bonds. The van der Waals surface area contributed by atoms with Crippen molar-refractivity contribution in [1.29, 1.82) is 0 Å². The molecule has 29 heavy (non-hydrogen) atoms. The van der Waals surface area contributed by atoms with Gasteiger partial charge in [0.05, 0.1) is 6.54 Å². The largest absolute Gasteiger partial charge is 0.322 e. The van der Waals surface area contributed by atoms with E-state index in [4.69, 9.17) is 0 Å². The first kappa shape index (κ1) is 18.7. The molecule has 0 aliphatic heterocycles. The van der Waals surface area contributed by atoms with Crippen LogP contribution in [-0.2, 0) is 6.54 Å². The van der Waals surface area contributed by atoms with Gasteiger partial charge in [-0.15, -0.1) is 0 Å². The molecule has 144 valence electrons. The van der Waals surface area contributed by atoms with Crippen LogP contribution < -0.4 is 10.5 Å². The lowest BCUT2D eigenvalue weighted by molar-refractivity contribution is 0.0985. The van der Waals surface area contributed by atoms with Crippen LogP contribution in [0.25, 0.3) is 10.9 Å². The van der Waals surface area contributed by atoms with Crippen LogP contribution in [0, 0.1) is 13.8 Å². The van der Waals surface area contributed by atoms with Crippen molar-refractivity contribution in [2.24, 2.45) is 0 Å². The second-order valence-electron chi connectivity index (χ2n) is 7.31. The summed E-state index contributed by atoms with van der Waals surface area (Å²) >= 11 is 0. The fraction of sp³-hybridized carbons (Fsp3) is 0.120. The van der Waals surface area contributed by atoms with E-state index in [0.29, 0.717) is 11.1 Å². The number of amides is 1. The second kappa shape index (κ2) is 7.76. The van der Waals surface area contributed by atoms with Crippen molar-refractivity contribution in [3.05, 3.63) is 111 Å². The molecule has 1 heterocycles. The number of anilines is 1. The summed E-state index contributed by atoms with van der Waals surface area (Å²) in [5.41, 5.74) is 4.71. The van der Waals surface area contributed by atoms with Gasteiger partial charge in [-0.2, -0.15) is 0 Å². The number of pyridine rings is 1. The van der Waals surface area contributed by atoms with Crippen molar-refractivity contribution in [1.82, 2.24) is 4.98 Å². The highest BCUT2D eigenvalue weighted by atomic mass is 16.2. The lowest BCUT2D eigenvalue weighted by Gasteiger charge is -2.23. The highest BCUT2D eigenvalue weighted by molar-refractivity contribution is 6.06. The summed E-state index contributed by atoms with van der Waals surface area (Å²) in [6, 6.07) is 24.7. The Kier molecular flexibility index (Phi) is 5.00. The van der Waals surface area contributed by atoms with Crippen LogP contribution in [-0.4, -0.2) is 10.9 Å². The lowest BCUT2D eigenvalue weighted by atomic mass is 10.1. The molecule has 4 heteroatoms. The molecule has 4 rings (SSSR count). The van der Waals surface area contributed by atoms with E-state index in [9.17, 15) is 9.59 Å². The summed E-state index contributed by atoms with van der Waals surface area (Å²) in [6.45, 7) is 4.18. The molecule has 0 fully saturated rings. The van der Waals surface area contributed by atoms with Crippen LogP contribution >= 0.6 is 0 Å². The van der Waals surface area contributed by atoms with Gasteiger partial charge in [0.25, 0.3) is 11.5 Å². The zero-order valence-corrected chi connectivity index (χ0v) is 16.5. The zero-order chi connectivity index (χ0) is 20.4. The summed E-state index contributed by atoms with van der Waals surface area (Å²) in [4.78, 5) is 30.6. The van der Waals surface area contributed by atoms with Crippen molar-refractivity contribution in [3.63, 3.8) is 0 Å². The van der Waals surface area contributed by atoms with Crippen molar-refractivity contribution in [3.8, 4) is 0 Å². The molecule has 0 spiro atoms. The fourth-order valence-corrected chi connectivity index (χ4v) is 3.39. The highest BCUT2D eigenvalue weighted by Crippen LogP contribution is 2.21. The summed E-state index contributed by atoms with van der Waals surface area (Å²) in [6.07, 6.45) is 0. The Morgan fingerprint density at radius 3 is 2.28 bits per heavy atom. The third-order valence-electron chi connectivity index (χ3n) is 5.02. The van der Waals surface area contributed by atoms with E-state index < -0.39 is 0 Å². The van der Waals surface area contributed by atoms with E-state index >= 15 is 0 Å². The van der Waals surface area contributed by atoms with Crippen LogP contribution in [0.2, 0.25) is 0 Å². The van der Waals surface area contributed by atoms with Gasteiger partial charge in [-0.1, -0.05) is 48.0 Å². The Morgan fingerprint density at radius 2 is 1.55 bits per heavy atom. The molecule has 3 aromatic carbocycles. The van der Waals surface area contributed by atoms with Crippen molar-refractivity contribution < 1.29 is 4.79 Å². The van der Waals surface area contributed by atoms with E-state index in [0.717, 1.165) is 27.7 Å². The van der Waals surface area contributed by atoms with Crippen LogP contribution in [0.4, 0.5) is 5.69 Å². The van der Waals surface area contributed by atoms with E-state index in [-0.39, 0.29) is 18.0 Å². The monoisotopic (exact) mass is 382 g/mol. The second-order valence-corrected chi connectivity index (χ2v) is 7.31. The number of H-pyrrole nitrogens is 1. The Hall–Kier alpha value is -3.66. The molecule has 0 bridgehead atoms. The summed E-state index contributed by atoms with van der Waals surface area (Å²) in [5, 5.41) is 0.946. The molecule has 0 saturated heterocycles. The number of fused-ring (bicyclic) bond motifs is 1.